The molecule has 0 saturated carbocycles. The second-order valence-corrected chi connectivity index (χ2v) is 5.37. The number of benzene rings is 3. The van der Waals surface area contributed by atoms with Gasteiger partial charge in [0, 0.05) is 10.8 Å². The Bertz CT molecular complexity index is 1090. The molecule has 0 aliphatic carbocycles. The number of azo groups is 1. The summed E-state index contributed by atoms with van der Waals surface area (Å²) < 4.78 is 0. The van der Waals surface area contributed by atoms with Crippen LogP contribution < -0.4 is 0 Å². The largest absolute Gasteiger partial charge is 0.506 e. The number of rotatable bonds is 2. The summed E-state index contributed by atoms with van der Waals surface area (Å²) in [5.74, 6) is 0.537. The topological polar surface area (TPSA) is 78.1 Å². The summed E-state index contributed by atoms with van der Waals surface area (Å²) in [6, 6.07) is 19.8. The third-order valence-electron chi connectivity index (χ3n) is 3.82. The molecule has 3 aromatic carbocycles. The van der Waals surface area contributed by atoms with Gasteiger partial charge in [0.25, 0.3) is 0 Å². The molecule has 0 unspecified atom stereocenters. The van der Waals surface area contributed by atoms with E-state index >= 15 is 0 Å². The van der Waals surface area contributed by atoms with Crippen LogP contribution in [-0.4, -0.2) is 15.2 Å². The van der Waals surface area contributed by atoms with Crippen molar-refractivity contribution in [1.29, 1.82) is 0 Å². The lowest BCUT2D eigenvalue weighted by atomic mass is 10.1. The van der Waals surface area contributed by atoms with Crippen LogP contribution in [0.15, 0.2) is 77.0 Å². The molecule has 0 fully saturated rings. The van der Waals surface area contributed by atoms with E-state index in [1.165, 1.54) is 0 Å². The van der Waals surface area contributed by atoms with Gasteiger partial charge in [0.15, 0.2) is 11.6 Å². The second kappa shape index (κ2) is 5.62. The van der Waals surface area contributed by atoms with Gasteiger partial charge in [-0.05, 0) is 29.7 Å². The van der Waals surface area contributed by atoms with Gasteiger partial charge >= 0.3 is 0 Å². The van der Waals surface area contributed by atoms with Crippen molar-refractivity contribution in [3.05, 3.63) is 66.7 Å². The maximum atomic E-state index is 10.3. The molecule has 116 valence electrons. The van der Waals surface area contributed by atoms with Crippen molar-refractivity contribution in [2.45, 2.75) is 0 Å². The number of aromatic hydroxyl groups is 2. The van der Waals surface area contributed by atoms with E-state index in [0.717, 1.165) is 16.2 Å². The minimum absolute atomic E-state index is 0.0838. The fourth-order valence-electron chi connectivity index (χ4n) is 2.61. The zero-order chi connectivity index (χ0) is 16.5. The molecule has 0 atom stereocenters. The van der Waals surface area contributed by atoms with Gasteiger partial charge in [-0.3, -0.25) is 0 Å². The summed E-state index contributed by atoms with van der Waals surface area (Å²) in [5, 5.41) is 30.8. The molecule has 4 aromatic rings. The van der Waals surface area contributed by atoms with E-state index in [1.54, 1.807) is 24.3 Å². The van der Waals surface area contributed by atoms with Gasteiger partial charge in [-0.1, -0.05) is 42.5 Å². The molecule has 0 saturated heterocycles. The average Bonchev–Trinajstić information content (AvgIpc) is 2.62. The van der Waals surface area contributed by atoms with Crippen LogP contribution in [0.4, 0.5) is 11.5 Å². The molecule has 0 radical (unpaired) electrons. The zero-order valence-corrected chi connectivity index (χ0v) is 12.6. The first-order valence-electron chi connectivity index (χ1n) is 7.43. The minimum atomic E-state index is 0.0838. The van der Waals surface area contributed by atoms with Crippen LogP contribution in [0.25, 0.3) is 21.7 Å². The maximum Gasteiger partial charge on any atom is 0.175 e. The Labute approximate surface area is 137 Å². The van der Waals surface area contributed by atoms with Crippen molar-refractivity contribution in [3.8, 4) is 11.5 Å². The predicted octanol–water partition coefficient (Wildman–Crippen LogP) is 5.21. The predicted molar refractivity (Wildman–Crippen MR) is 93.2 cm³/mol. The number of phenolic OH excluding ortho intramolecular Hbond substituents is 2. The van der Waals surface area contributed by atoms with Gasteiger partial charge in [-0.25, -0.2) is 4.98 Å². The SMILES string of the molecule is Oc1c(/N=N/c2ccc3cccc(O)c3n2)ccc2ccccc12. The van der Waals surface area contributed by atoms with Crippen LogP contribution in [-0.2, 0) is 0 Å². The standard InChI is InChI=1S/C19H13N3O2/c23-16-7-3-5-13-9-11-17(20-18(13)16)22-21-15-10-8-12-4-1-2-6-14(12)19(15)24/h1-11,23-24H/b22-21+. The van der Waals surface area contributed by atoms with Crippen LogP contribution in [0.1, 0.15) is 0 Å². The molecule has 1 heterocycles. The summed E-state index contributed by atoms with van der Waals surface area (Å²) in [5.41, 5.74) is 0.838. The Morgan fingerprint density at radius 3 is 2.42 bits per heavy atom. The molecular weight excluding hydrogens is 302 g/mol. The number of phenols is 2. The van der Waals surface area contributed by atoms with Gasteiger partial charge in [0.2, 0.25) is 0 Å². The molecule has 5 heteroatoms. The van der Waals surface area contributed by atoms with Crippen molar-refractivity contribution >= 4 is 33.2 Å². The highest BCUT2D eigenvalue weighted by atomic mass is 16.3. The molecule has 0 amide bonds. The van der Waals surface area contributed by atoms with Crippen LogP contribution in [0, 0.1) is 0 Å². The molecule has 0 aliphatic rings. The Morgan fingerprint density at radius 2 is 1.50 bits per heavy atom. The number of pyridine rings is 1. The van der Waals surface area contributed by atoms with E-state index in [4.69, 9.17) is 0 Å². The van der Waals surface area contributed by atoms with E-state index in [2.05, 4.69) is 15.2 Å². The van der Waals surface area contributed by atoms with Gasteiger partial charge in [-0.15, -0.1) is 10.2 Å². The second-order valence-electron chi connectivity index (χ2n) is 5.37. The van der Waals surface area contributed by atoms with E-state index in [9.17, 15) is 10.2 Å². The highest BCUT2D eigenvalue weighted by Crippen LogP contribution is 2.35. The number of fused-ring (bicyclic) bond motifs is 2. The highest BCUT2D eigenvalue weighted by Gasteiger charge is 2.06. The van der Waals surface area contributed by atoms with Gasteiger partial charge < -0.3 is 10.2 Å². The molecule has 0 bridgehead atoms. The van der Waals surface area contributed by atoms with Crippen molar-refractivity contribution in [1.82, 2.24) is 4.98 Å². The molecule has 0 spiro atoms. The van der Waals surface area contributed by atoms with E-state index in [1.807, 2.05) is 42.5 Å². The Kier molecular flexibility index (Phi) is 3.31. The van der Waals surface area contributed by atoms with Crippen molar-refractivity contribution in [3.63, 3.8) is 0 Å². The van der Waals surface area contributed by atoms with E-state index in [0.29, 0.717) is 17.0 Å². The average molecular weight is 315 g/mol. The molecule has 5 nitrogen and oxygen atoms in total. The molecule has 2 N–H and O–H groups in total. The van der Waals surface area contributed by atoms with Crippen LogP contribution in [0.2, 0.25) is 0 Å². The van der Waals surface area contributed by atoms with Crippen molar-refractivity contribution < 1.29 is 10.2 Å². The fraction of sp³-hybridized carbons (Fsp3) is 0. The number of hydrogen-bond donors (Lipinski definition) is 2. The van der Waals surface area contributed by atoms with Gasteiger partial charge in [0.05, 0.1) is 0 Å². The normalized spacial score (nSPS) is 11.5. The third kappa shape index (κ3) is 2.42. The summed E-state index contributed by atoms with van der Waals surface area (Å²) in [7, 11) is 0. The first-order valence-corrected chi connectivity index (χ1v) is 7.43. The lowest BCUT2D eigenvalue weighted by molar-refractivity contribution is 0.480. The third-order valence-corrected chi connectivity index (χ3v) is 3.82. The summed E-state index contributed by atoms with van der Waals surface area (Å²) in [6.45, 7) is 0. The van der Waals surface area contributed by atoms with Gasteiger partial charge in [0.1, 0.15) is 17.0 Å². The van der Waals surface area contributed by atoms with Crippen molar-refractivity contribution in [2.75, 3.05) is 0 Å². The smallest absolute Gasteiger partial charge is 0.175 e. The fourth-order valence-corrected chi connectivity index (χ4v) is 2.61. The molecule has 1 aromatic heterocycles. The zero-order valence-electron chi connectivity index (χ0n) is 12.6. The number of aromatic nitrogens is 1. The monoisotopic (exact) mass is 315 g/mol. The number of para-hydroxylation sites is 1. The Morgan fingerprint density at radius 1 is 0.708 bits per heavy atom. The lowest BCUT2D eigenvalue weighted by Gasteiger charge is -2.03. The maximum absolute atomic E-state index is 10.3. The first kappa shape index (κ1) is 14.1. The quantitative estimate of drug-likeness (QED) is 0.498. The molecular formula is C19H13N3O2. The number of hydrogen-bond acceptors (Lipinski definition) is 5. The van der Waals surface area contributed by atoms with Crippen LogP contribution in [0.3, 0.4) is 0 Å². The van der Waals surface area contributed by atoms with Crippen LogP contribution in [0.5, 0.6) is 11.5 Å². The van der Waals surface area contributed by atoms with E-state index in [-0.39, 0.29) is 11.5 Å². The van der Waals surface area contributed by atoms with Crippen molar-refractivity contribution in [2.24, 2.45) is 10.2 Å². The number of nitrogens with zero attached hydrogens (tertiary/aromatic N) is 3. The molecule has 4 rings (SSSR count). The minimum Gasteiger partial charge on any atom is -0.506 e. The highest BCUT2D eigenvalue weighted by molar-refractivity contribution is 5.92. The summed E-state index contributed by atoms with van der Waals surface area (Å²) in [6.07, 6.45) is 0. The van der Waals surface area contributed by atoms with Gasteiger partial charge in [-0.2, -0.15) is 0 Å². The molecule has 24 heavy (non-hydrogen) atoms. The Hall–Kier alpha value is -3.47. The molecule has 0 aliphatic heterocycles. The lowest BCUT2D eigenvalue weighted by Crippen LogP contribution is -1.79. The Balaban J connectivity index is 1.75. The summed E-state index contributed by atoms with van der Waals surface area (Å²) >= 11 is 0. The van der Waals surface area contributed by atoms with Crippen LogP contribution >= 0.6 is 0 Å². The van der Waals surface area contributed by atoms with E-state index < -0.39 is 0 Å². The first-order chi connectivity index (χ1) is 11.7. The summed E-state index contributed by atoms with van der Waals surface area (Å²) in [4.78, 5) is 4.29.